The third-order valence-electron chi connectivity index (χ3n) is 4.43. The predicted octanol–water partition coefficient (Wildman–Crippen LogP) is 4.01. The summed E-state index contributed by atoms with van der Waals surface area (Å²) >= 11 is 1.86. The number of nitrogens with one attached hydrogen (secondary N) is 1. The average molecular weight is 281 g/mol. The van der Waals surface area contributed by atoms with Crippen LogP contribution < -0.4 is 5.32 Å². The first-order chi connectivity index (χ1) is 9.30. The molecule has 1 unspecified atom stereocenters. The van der Waals surface area contributed by atoms with Crippen LogP contribution in [-0.4, -0.2) is 25.3 Å². The molecule has 0 bridgehead atoms. The van der Waals surface area contributed by atoms with Gasteiger partial charge in [-0.15, -0.1) is 11.3 Å². The van der Waals surface area contributed by atoms with Gasteiger partial charge in [-0.05, 0) is 37.3 Å². The van der Waals surface area contributed by atoms with Crippen molar-refractivity contribution in [2.75, 3.05) is 13.7 Å². The van der Waals surface area contributed by atoms with Crippen LogP contribution in [0, 0.1) is 0 Å². The number of thiophene rings is 1. The normalized spacial score (nSPS) is 20.9. The second kappa shape index (κ2) is 7.41. The SMILES string of the molecule is CCNC(Cc1cccs1)C1(OC)CCCCCC1. The second-order valence-electron chi connectivity index (χ2n) is 5.58. The van der Waals surface area contributed by atoms with Crippen LogP contribution in [0.1, 0.15) is 50.3 Å². The molecule has 1 aliphatic rings. The van der Waals surface area contributed by atoms with Gasteiger partial charge in [0.25, 0.3) is 0 Å². The molecule has 2 nitrogen and oxygen atoms in total. The zero-order valence-corrected chi connectivity index (χ0v) is 13.1. The summed E-state index contributed by atoms with van der Waals surface area (Å²) in [7, 11) is 1.91. The van der Waals surface area contributed by atoms with Crippen LogP contribution in [-0.2, 0) is 11.2 Å². The summed E-state index contributed by atoms with van der Waals surface area (Å²) in [5.74, 6) is 0. The lowest BCUT2D eigenvalue weighted by Crippen LogP contribution is -2.53. The smallest absolute Gasteiger partial charge is 0.0834 e. The molecule has 1 atom stereocenters. The van der Waals surface area contributed by atoms with Gasteiger partial charge in [-0.1, -0.05) is 38.7 Å². The van der Waals surface area contributed by atoms with Gasteiger partial charge in [0.2, 0.25) is 0 Å². The first-order valence-electron chi connectivity index (χ1n) is 7.61. The fourth-order valence-electron chi connectivity index (χ4n) is 3.34. The van der Waals surface area contributed by atoms with Gasteiger partial charge in [0.1, 0.15) is 0 Å². The van der Waals surface area contributed by atoms with Gasteiger partial charge in [0, 0.05) is 18.0 Å². The minimum atomic E-state index is 0.0382. The highest BCUT2D eigenvalue weighted by atomic mass is 32.1. The molecule has 0 saturated heterocycles. The van der Waals surface area contributed by atoms with Crippen molar-refractivity contribution in [2.45, 2.75) is 63.5 Å². The van der Waals surface area contributed by atoms with Crippen LogP contribution in [0.5, 0.6) is 0 Å². The lowest BCUT2D eigenvalue weighted by Gasteiger charge is -2.39. The molecule has 1 saturated carbocycles. The van der Waals surface area contributed by atoms with Crippen molar-refractivity contribution in [1.82, 2.24) is 5.32 Å². The zero-order valence-electron chi connectivity index (χ0n) is 12.3. The molecule has 1 aliphatic carbocycles. The Bertz CT molecular complexity index is 342. The number of methoxy groups -OCH3 is 1. The van der Waals surface area contributed by atoms with Crippen molar-refractivity contribution >= 4 is 11.3 Å². The Balaban J connectivity index is 2.13. The maximum atomic E-state index is 6.06. The number of hydrogen-bond donors (Lipinski definition) is 1. The number of ether oxygens (including phenoxy) is 1. The summed E-state index contributed by atoms with van der Waals surface area (Å²) in [6.07, 6.45) is 8.84. The maximum absolute atomic E-state index is 6.06. The van der Waals surface area contributed by atoms with E-state index in [9.17, 15) is 0 Å². The maximum Gasteiger partial charge on any atom is 0.0834 e. The summed E-state index contributed by atoms with van der Waals surface area (Å²) in [4.78, 5) is 1.46. The van der Waals surface area contributed by atoms with Gasteiger partial charge in [-0.3, -0.25) is 0 Å². The molecule has 19 heavy (non-hydrogen) atoms. The molecule has 0 radical (unpaired) electrons. The van der Waals surface area contributed by atoms with Gasteiger partial charge in [-0.25, -0.2) is 0 Å². The largest absolute Gasteiger partial charge is 0.377 e. The molecule has 1 N–H and O–H groups in total. The van der Waals surface area contributed by atoms with E-state index in [1.165, 1.54) is 43.4 Å². The van der Waals surface area contributed by atoms with Crippen LogP contribution in [0.4, 0.5) is 0 Å². The molecular weight excluding hydrogens is 254 g/mol. The highest BCUT2D eigenvalue weighted by Gasteiger charge is 2.38. The van der Waals surface area contributed by atoms with Crippen molar-refractivity contribution in [2.24, 2.45) is 0 Å². The van der Waals surface area contributed by atoms with Gasteiger partial charge < -0.3 is 10.1 Å². The highest BCUT2D eigenvalue weighted by molar-refractivity contribution is 7.09. The third-order valence-corrected chi connectivity index (χ3v) is 5.33. The summed E-state index contributed by atoms with van der Waals surface area (Å²) in [6, 6.07) is 4.84. The Morgan fingerprint density at radius 2 is 2.05 bits per heavy atom. The van der Waals surface area contributed by atoms with E-state index in [2.05, 4.69) is 29.8 Å². The molecule has 1 fully saturated rings. The van der Waals surface area contributed by atoms with Gasteiger partial charge in [0.05, 0.1) is 5.60 Å². The molecule has 0 spiro atoms. The topological polar surface area (TPSA) is 21.3 Å². The standard InChI is InChI=1S/C16H27NOS/c1-3-17-15(13-14-9-8-12-19-14)16(18-2)10-6-4-5-7-11-16/h8-9,12,15,17H,3-7,10-11,13H2,1-2H3. The molecule has 3 heteroatoms. The number of rotatable bonds is 6. The quantitative estimate of drug-likeness (QED) is 0.796. The first-order valence-corrected chi connectivity index (χ1v) is 8.49. The molecule has 0 aromatic carbocycles. The van der Waals surface area contributed by atoms with Crippen molar-refractivity contribution in [3.05, 3.63) is 22.4 Å². The van der Waals surface area contributed by atoms with E-state index in [1.807, 2.05) is 18.4 Å². The van der Waals surface area contributed by atoms with E-state index < -0.39 is 0 Å². The van der Waals surface area contributed by atoms with E-state index in [1.54, 1.807) is 0 Å². The lowest BCUT2D eigenvalue weighted by molar-refractivity contribution is -0.0521. The minimum Gasteiger partial charge on any atom is -0.377 e. The Morgan fingerprint density at radius 1 is 1.32 bits per heavy atom. The van der Waals surface area contributed by atoms with Gasteiger partial charge in [-0.2, -0.15) is 0 Å². The zero-order chi connectivity index (χ0) is 13.6. The molecule has 2 rings (SSSR count). The Kier molecular flexibility index (Phi) is 5.86. The van der Waals surface area contributed by atoms with Crippen molar-refractivity contribution < 1.29 is 4.74 Å². The van der Waals surface area contributed by atoms with E-state index in [0.29, 0.717) is 6.04 Å². The van der Waals surface area contributed by atoms with Crippen LogP contribution in [0.3, 0.4) is 0 Å². The number of likely N-dealkylation sites (N-methyl/N-ethyl adjacent to an activating group) is 1. The van der Waals surface area contributed by atoms with E-state index in [4.69, 9.17) is 4.74 Å². The lowest BCUT2D eigenvalue weighted by atomic mass is 9.84. The summed E-state index contributed by atoms with van der Waals surface area (Å²) in [5.41, 5.74) is 0.0382. The van der Waals surface area contributed by atoms with Gasteiger partial charge >= 0.3 is 0 Å². The molecule has 0 amide bonds. The predicted molar refractivity (Wildman–Crippen MR) is 82.9 cm³/mol. The second-order valence-corrected chi connectivity index (χ2v) is 6.61. The molecule has 1 heterocycles. The van der Waals surface area contributed by atoms with Crippen LogP contribution in [0.2, 0.25) is 0 Å². The Morgan fingerprint density at radius 3 is 2.58 bits per heavy atom. The molecule has 1 aromatic rings. The minimum absolute atomic E-state index is 0.0382. The van der Waals surface area contributed by atoms with Gasteiger partial charge in [0.15, 0.2) is 0 Å². The van der Waals surface area contributed by atoms with E-state index in [0.717, 1.165) is 13.0 Å². The van der Waals surface area contributed by atoms with E-state index >= 15 is 0 Å². The molecule has 1 aromatic heterocycles. The third kappa shape index (κ3) is 3.80. The summed E-state index contributed by atoms with van der Waals surface area (Å²) in [5, 5.41) is 5.86. The molecule has 108 valence electrons. The fraction of sp³-hybridized carbons (Fsp3) is 0.750. The van der Waals surface area contributed by atoms with Crippen LogP contribution >= 0.6 is 11.3 Å². The van der Waals surface area contributed by atoms with Crippen LogP contribution in [0.25, 0.3) is 0 Å². The Hall–Kier alpha value is -0.380. The van der Waals surface area contributed by atoms with Crippen molar-refractivity contribution in [1.29, 1.82) is 0 Å². The fourth-order valence-corrected chi connectivity index (χ4v) is 4.09. The molecular formula is C16H27NOS. The highest BCUT2D eigenvalue weighted by Crippen LogP contribution is 2.34. The average Bonchev–Trinajstić information content (AvgIpc) is 2.81. The first kappa shape index (κ1) is 15.0. The monoisotopic (exact) mass is 281 g/mol. The van der Waals surface area contributed by atoms with E-state index in [-0.39, 0.29) is 5.60 Å². The van der Waals surface area contributed by atoms with Crippen molar-refractivity contribution in [3.63, 3.8) is 0 Å². The summed E-state index contributed by atoms with van der Waals surface area (Å²) < 4.78 is 6.06. The summed E-state index contributed by atoms with van der Waals surface area (Å²) in [6.45, 7) is 3.21. The van der Waals surface area contributed by atoms with Crippen molar-refractivity contribution in [3.8, 4) is 0 Å². The van der Waals surface area contributed by atoms with Crippen LogP contribution in [0.15, 0.2) is 17.5 Å². The number of hydrogen-bond acceptors (Lipinski definition) is 3. The molecule has 0 aliphatic heterocycles. The Labute approximate surface area is 121 Å².